The molecule has 1 unspecified atom stereocenters. The molecule has 1 atom stereocenters. The van der Waals surface area contributed by atoms with Crippen LogP contribution in [0.3, 0.4) is 0 Å². The zero-order valence-corrected chi connectivity index (χ0v) is 13.5. The summed E-state index contributed by atoms with van der Waals surface area (Å²) in [7, 11) is 0. The van der Waals surface area contributed by atoms with E-state index in [1.807, 2.05) is 38.1 Å². The van der Waals surface area contributed by atoms with Gasteiger partial charge in [0.25, 0.3) is 5.91 Å². The number of carbonyl (C=O) groups is 1. The van der Waals surface area contributed by atoms with Crippen molar-refractivity contribution in [2.24, 2.45) is 5.92 Å². The lowest BCUT2D eigenvalue weighted by molar-refractivity contribution is 0.0937. The number of nitrogens with one attached hydrogen (secondary N) is 2. The fourth-order valence-corrected chi connectivity index (χ4v) is 2.39. The molecule has 0 spiro atoms. The Labute approximate surface area is 133 Å². The number of hydrogen-bond acceptors (Lipinski definition) is 3. The van der Waals surface area contributed by atoms with Gasteiger partial charge in [-0.3, -0.25) is 4.79 Å². The molecular weight excluding hydrogens is 288 g/mol. The zero-order valence-electron chi connectivity index (χ0n) is 12.7. The lowest BCUT2D eigenvalue weighted by Crippen LogP contribution is -2.33. The number of amides is 1. The van der Waals surface area contributed by atoms with Crippen LogP contribution in [0.4, 0.5) is 0 Å². The first-order valence-electron chi connectivity index (χ1n) is 7.40. The van der Waals surface area contributed by atoms with E-state index in [4.69, 9.17) is 4.74 Å². The molecule has 1 aliphatic rings. The molecule has 0 bridgehead atoms. The molecule has 1 heterocycles. The summed E-state index contributed by atoms with van der Waals surface area (Å²) in [6, 6.07) is 7.57. The van der Waals surface area contributed by atoms with Crippen molar-refractivity contribution in [3.8, 4) is 5.75 Å². The molecule has 2 rings (SSSR count). The molecule has 0 radical (unpaired) electrons. The maximum absolute atomic E-state index is 12.1. The Morgan fingerprint density at radius 2 is 2.19 bits per heavy atom. The highest BCUT2D eigenvalue weighted by Crippen LogP contribution is 2.20. The van der Waals surface area contributed by atoms with Crippen molar-refractivity contribution >= 4 is 18.3 Å². The van der Waals surface area contributed by atoms with Gasteiger partial charge in [0, 0.05) is 18.5 Å². The Balaban J connectivity index is 0.00000220. The van der Waals surface area contributed by atoms with Gasteiger partial charge in [-0.15, -0.1) is 12.4 Å². The minimum atomic E-state index is -0.0719. The van der Waals surface area contributed by atoms with Crippen molar-refractivity contribution in [3.05, 3.63) is 29.8 Å². The van der Waals surface area contributed by atoms with Crippen molar-refractivity contribution < 1.29 is 9.53 Å². The number of para-hydroxylation sites is 1. The van der Waals surface area contributed by atoms with Gasteiger partial charge in [0.2, 0.25) is 0 Å². The Morgan fingerprint density at radius 3 is 2.86 bits per heavy atom. The first kappa shape index (κ1) is 17.8. The average Bonchev–Trinajstić information content (AvgIpc) is 2.46. The van der Waals surface area contributed by atoms with Crippen molar-refractivity contribution in [1.82, 2.24) is 10.6 Å². The average molecular weight is 313 g/mol. The number of ether oxygens (including phenoxy) is 1. The van der Waals surface area contributed by atoms with E-state index in [0.29, 0.717) is 23.8 Å². The maximum atomic E-state index is 12.1. The van der Waals surface area contributed by atoms with Gasteiger partial charge in [-0.2, -0.15) is 0 Å². The standard InChI is InChI=1S/C16H24N2O2.ClH/c1-12(2)18-16(19)14-7-3-4-8-15(14)20-11-13-6-5-9-17-10-13;/h3-4,7-8,12-13,17H,5-6,9-11H2,1-2H3,(H,18,19);1H. The van der Waals surface area contributed by atoms with Gasteiger partial charge in [-0.05, 0) is 45.4 Å². The first-order valence-corrected chi connectivity index (χ1v) is 7.40. The summed E-state index contributed by atoms with van der Waals surface area (Å²) in [5.41, 5.74) is 0.616. The van der Waals surface area contributed by atoms with Gasteiger partial charge in [0.15, 0.2) is 0 Å². The van der Waals surface area contributed by atoms with Crippen LogP contribution >= 0.6 is 12.4 Å². The molecular formula is C16H25ClN2O2. The largest absolute Gasteiger partial charge is 0.492 e. The zero-order chi connectivity index (χ0) is 14.4. The topological polar surface area (TPSA) is 50.4 Å². The summed E-state index contributed by atoms with van der Waals surface area (Å²) in [6.45, 7) is 6.67. The SMILES string of the molecule is CC(C)NC(=O)c1ccccc1OCC1CCCNC1.Cl. The van der Waals surface area contributed by atoms with Gasteiger partial charge < -0.3 is 15.4 Å². The lowest BCUT2D eigenvalue weighted by atomic mass is 10.0. The second-order valence-electron chi connectivity index (χ2n) is 5.65. The van der Waals surface area contributed by atoms with Crippen LogP contribution in [0.15, 0.2) is 24.3 Å². The van der Waals surface area contributed by atoms with Crippen LogP contribution in [0.1, 0.15) is 37.0 Å². The van der Waals surface area contributed by atoms with Crippen LogP contribution in [0.2, 0.25) is 0 Å². The van der Waals surface area contributed by atoms with Gasteiger partial charge in [-0.25, -0.2) is 0 Å². The number of carbonyl (C=O) groups excluding carboxylic acids is 1. The number of benzene rings is 1. The molecule has 1 aromatic carbocycles. The normalized spacial score (nSPS) is 18.0. The first-order chi connectivity index (χ1) is 9.66. The third-order valence-corrected chi connectivity index (χ3v) is 3.42. The molecule has 0 aliphatic carbocycles. The molecule has 0 saturated carbocycles. The number of rotatable bonds is 5. The van der Waals surface area contributed by atoms with Crippen molar-refractivity contribution in [1.29, 1.82) is 0 Å². The van der Waals surface area contributed by atoms with Crippen LogP contribution in [-0.4, -0.2) is 31.6 Å². The molecule has 1 aromatic rings. The van der Waals surface area contributed by atoms with E-state index in [2.05, 4.69) is 10.6 Å². The molecule has 0 aromatic heterocycles. The predicted molar refractivity (Wildman–Crippen MR) is 87.4 cm³/mol. The van der Waals surface area contributed by atoms with E-state index in [1.54, 1.807) is 0 Å². The van der Waals surface area contributed by atoms with E-state index in [1.165, 1.54) is 12.8 Å². The smallest absolute Gasteiger partial charge is 0.255 e. The third-order valence-electron chi connectivity index (χ3n) is 3.42. The number of halogens is 1. The van der Waals surface area contributed by atoms with Crippen molar-refractivity contribution in [2.45, 2.75) is 32.7 Å². The molecule has 21 heavy (non-hydrogen) atoms. The van der Waals surface area contributed by atoms with E-state index in [9.17, 15) is 4.79 Å². The Kier molecular flexibility index (Phi) is 7.54. The van der Waals surface area contributed by atoms with Crippen LogP contribution in [0, 0.1) is 5.92 Å². The van der Waals surface area contributed by atoms with Crippen LogP contribution in [-0.2, 0) is 0 Å². The minimum absolute atomic E-state index is 0. The summed E-state index contributed by atoms with van der Waals surface area (Å²) in [5, 5.41) is 6.28. The third kappa shape index (κ3) is 5.56. The minimum Gasteiger partial charge on any atom is -0.492 e. The lowest BCUT2D eigenvalue weighted by Gasteiger charge is -2.23. The summed E-state index contributed by atoms with van der Waals surface area (Å²) in [6.07, 6.45) is 2.39. The molecule has 1 aliphatic heterocycles. The Bertz CT molecular complexity index is 446. The molecule has 118 valence electrons. The monoisotopic (exact) mass is 312 g/mol. The maximum Gasteiger partial charge on any atom is 0.255 e. The highest BCUT2D eigenvalue weighted by molar-refractivity contribution is 5.97. The molecule has 4 nitrogen and oxygen atoms in total. The highest BCUT2D eigenvalue weighted by atomic mass is 35.5. The van der Waals surface area contributed by atoms with E-state index >= 15 is 0 Å². The van der Waals surface area contributed by atoms with Crippen LogP contribution in [0.5, 0.6) is 5.75 Å². The number of hydrogen-bond donors (Lipinski definition) is 2. The van der Waals surface area contributed by atoms with E-state index < -0.39 is 0 Å². The summed E-state index contributed by atoms with van der Waals surface area (Å²) < 4.78 is 5.88. The molecule has 5 heteroatoms. The van der Waals surface area contributed by atoms with Crippen molar-refractivity contribution in [2.75, 3.05) is 19.7 Å². The van der Waals surface area contributed by atoms with Gasteiger partial charge in [0.05, 0.1) is 12.2 Å². The Hall–Kier alpha value is -1.26. The molecule has 1 amide bonds. The predicted octanol–water partition coefficient (Wildman–Crippen LogP) is 2.63. The molecule has 2 N–H and O–H groups in total. The second-order valence-corrected chi connectivity index (χ2v) is 5.65. The van der Waals surface area contributed by atoms with E-state index in [0.717, 1.165) is 13.1 Å². The fourth-order valence-electron chi connectivity index (χ4n) is 2.39. The van der Waals surface area contributed by atoms with Gasteiger partial charge in [0.1, 0.15) is 5.75 Å². The summed E-state index contributed by atoms with van der Waals surface area (Å²) >= 11 is 0. The van der Waals surface area contributed by atoms with Crippen molar-refractivity contribution in [3.63, 3.8) is 0 Å². The quantitative estimate of drug-likeness (QED) is 0.879. The molecule has 1 fully saturated rings. The molecule has 1 saturated heterocycles. The van der Waals surface area contributed by atoms with Gasteiger partial charge in [-0.1, -0.05) is 12.1 Å². The highest BCUT2D eigenvalue weighted by Gasteiger charge is 2.16. The number of piperidine rings is 1. The Morgan fingerprint density at radius 1 is 1.43 bits per heavy atom. The van der Waals surface area contributed by atoms with Gasteiger partial charge >= 0.3 is 0 Å². The van der Waals surface area contributed by atoms with Crippen LogP contribution in [0.25, 0.3) is 0 Å². The van der Waals surface area contributed by atoms with Crippen LogP contribution < -0.4 is 15.4 Å². The summed E-state index contributed by atoms with van der Waals surface area (Å²) in [4.78, 5) is 12.1. The summed E-state index contributed by atoms with van der Waals surface area (Å²) in [5.74, 6) is 1.14. The van der Waals surface area contributed by atoms with E-state index in [-0.39, 0.29) is 24.4 Å². The second kappa shape index (κ2) is 8.90. The fraction of sp³-hybridized carbons (Fsp3) is 0.562.